The largest absolute Gasteiger partial charge is 0.368 e. The molecule has 1 atom stereocenters. The van der Waals surface area contributed by atoms with E-state index in [2.05, 4.69) is 25.6 Å². The Hall–Kier alpha value is -1.63. The summed E-state index contributed by atoms with van der Waals surface area (Å²) in [6, 6.07) is -0.558. The van der Waals surface area contributed by atoms with E-state index in [-0.39, 0.29) is 17.1 Å². The summed E-state index contributed by atoms with van der Waals surface area (Å²) >= 11 is 5.81. The van der Waals surface area contributed by atoms with Crippen molar-refractivity contribution in [2.45, 2.75) is 33.2 Å². The molecule has 1 rings (SSSR count). The lowest BCUT2D eigenvalue weighted by atomic mass is 10.0. The van der Waals surface area contributed by atoms with E-state index < -0.39 is 11.9 Å². The molecule has 7 nitrogen and oxygen atoms in total. The average Bonchev–Trinajstić information content (AvgIpc) is 2.32. The number of nitrogens with two attached hydrogens (primary N) is 1. The molecule has 1 amide bonds. The highest BCUT2D eigenvalue weighted by Gasteiger charge is 2.20. The van der Waals surface area contributed by atoms with Crippen LogP contribution in [0.5, 0.6) is 0 Å². The maximum absolute atomic E-state index is 11.3. The van der Waals surface area contributed by atoms with Gasteiger partial charge in [-0.05, 0) is 23.9 Å². The number of primary amides is 1. The van der Waals surface area contributed by atoms with Gasteiger partial charge >= 0.3 is 0 Å². The second-order valence-corrected chi connectivity index (χ2v) is 4.78. The molecule has 0 bridgehead atoms. The van der Waals surface area contributed by atoms with Crippen molar-refractivity contribution >= 4 is 29.4 Å². The molecule has 0 aromatic carbocycles. The van der Waals surface area contributed by atoms with Crippen LogP contribution in [-0.4, -0.2) is 33.4 Å². The fourth-order valence-corrected chi connectivity index (χ4v) is 1.60. The van der Waals surface area contributed by atoms with Crippen LogP contribution in [0.1, 0.15) is 27.2 Å². The van der Waals surface area contributed by atoms with Gasteiger partial charge in [0.2, 0.25) is 23.1 Å². The number of hydrogen-bond acceptors (Lipinski definition) is 6. The number of rotatable bonds is 7. The highest BCUT2D eigenvalue weighted by atomic mass is 35.5. The second kappa shape index (κ2) is 7.08. The van der Waals surface area contributed by atoms with Gasteiger partial charge in [-0.1, -0.05) is 20.8 Å². The van der Waals surface area contributed by atoms with Crippen LogP contribution >= 0.6 is 11.6 Å². The summed E-state index contributed by atoms with van der Waals surface area (Å²) < 4.78 is 0. The summed E-state index contributed by atoms with van der Waals surface area (Å²) in [5.41, 5.74) is 5.32. The second-order valence-electron chi connectivity index (χ2n) is 4.45. The number of hydrogen-bond donors (Lipinski definition) is 3. The van der Waals surface area contributed by atoms with Gasteiger partial charge in [0.05, 0.1) is 0 Å². The summed E-state index contributed by atoms with van der Waals surface area (Å²) in [6.45, 7) is 6.50. The molecular weight excluding hydrogens is 268 g/mol. The molecule has 4 N–H and O–H groups in total. The molecule has 0 saturated heterocycles. The van der Waals surface area contributed by atoms with E-state index in [0.717, 1.165) is 13.0 Å². The molecular formula is C11H19ClN6O. The van der Waals surface area contributed by atoms with Crippen LogP contribution in [0.15, 0.2) is 0 Å². The summed E-state index contributed by atoms with van der Waals surface area (Å²) in [5, 5.41) is 5.94. The number of anilines is 2. The maximum Gasteiger partial charge on any atom is 0.240 e. The zero-order chi connectivity index (χ0) is 14.4. The third kappa shape index (κ3) is 4.86. The van der Waals surface area contributed by atoms with Crippen LogP contribution < -0.4 is 16.4 Å². The minimum atomic E-state index is -0.558. The number of amides is 1. The minimum absolute atomic E-state index is 0.0140. The van der Waals surface area contributed by atoms with Crippen LogP contribution in [0.4, 0.5) is 11.9 Å². The highest BCUT2D eigenvalue weighted by molar-refractivity contribution is 6.28. The number of carbonyl (C=O) groups excluding carboxylic acids is 1. The normalized spacial score (nSPS) is 12.3. The van der Waals surface area contributed by atoms with Crippen LogP contribution in [-0.2, 0) is 4.79 Å². The molecule has 0 aliphatic carbocycles. The van der Waals surface area contributed by atoms with Crippen LogP contribution in [0, 0.1) is 5.92 Å². The molecule has 1 heterocycles. The van der Waals surface area contributed by atoms with Crippen LogP contribution in [0.3, 0.4) is 0 Å². The number of halogens is 1. The average molecular weight is 287 g/mol. The SMILES string of the molecule is CCCNc1nc(Cl)nc(NC(C(N)=O)C(C)C)n1. The lowest BCUT2D eigenvalue weighted by Crippen LogP contribution is -2.40. The number of nitrogens with zero attached hydrogens (tertiary/aromatic N) is 3. The van der Waals surface area contributed by atoms with Gasteiger partial charge in [0.1, 0.15) is 6.04 Å². The summed E-state index contributed by atoms with van der Waals surface area (Å²) in [7, 11) is 0. The molecule has 1 aromatic rings. The van der Waals surface area contributed by atoms with E-state index in [1.54, 1.807) is 0 Å². The molecule has 0 saturated carbocycles. The van der Waals surface area contributed by atoms with Gasteiger partial charge in [0, 0.05) is 6.54 Å². The van der Waals surface area contributed by atoms with Gasteiger partial charge in [0.25, 0.3) is 0 Å². The Bertz CT molecular complexity index is 439. The minimum Gasteiger partial charge on any atom is -0.368 e. The topological polar surface area (TPSA) is 106 Å². The Labute approximate surface area is 117 Å². The quantitative estimate of drug-likeness (QED) is 0.697. The Morgan fingerprint density at radius 3 is 2.47 bits per heavy atom. The van der Waals surface area contributed by atoms with Gasteiger partial charge in [0.15, 0.2) is 0 Å². The van der Waals surface area contributed by atoms with Crippen molar-refractivity contribution in [2.75, 3.05) is 17.2 Å². The van der Waals surface area contributed by atoms with Crippen molar-refractivity contribution in [3.05, 3.63) is 5.28 Å². The predicted octanol–water partition coefficient (Wildman–Crippen LogP) is 1.27. The number of aromatic nitrogens is 3. The van der Waals surface area contributed by atoms with E-state index >= 15 is 0 Å². The Morgan fingerprint density at radius 2 is 1.95 bits per heavy atom. The van der Waals surface area contributed by atoms with Crippen molar-refractivity contribution in [3.63, 3.8) is 0 Å². The zero-order valence-electron chi connectivity index (χ0n) is 11.3. The molecule has 0 aliphatic heterocycles. The molecule has 0 spiro atoms. The zero-order valence-corrected chi connectivity index (χ0v) is 12.0. The Kier molecular flexibility index (Phi) is 5.75. The van der Waals surface area contributed by atoms with E-state index in [1.165, 1.54) is 0 Å². The molecule has 8 heteroatoms. The first-order valence-electron chi connectivity index (χ1n) is 6.15. The standard InChI is InChI=1S/C11H19ClN6O/c1-4-5-14-10-16-9(12)17-11(18-10)15-7(6(2)3)8(13)19/h6-7H,4-5H2,1-3H3,(H2,13,19)(H2,14,15,16,17,18). The van der Waals surface area contributed by atoms with Crippen molar-refractivity contribution in [1.29, 1.82) is 0 Å². The van der Waals surface area contributed by atoms with Crippen molar-refractivity contribution < 1.29 is 4.79 Å². The van der Waals surface area contributed by atoms with E-state index in [9.17, 15) is 4.79 Å². The van der Waals surface area contributed by atoms with E-state index in [0.29, 0.717) is 5.95 Å². The third-order valence-corrected chi connectivity index (χ3v) is 2.57. The molecule has 1 aromatic heterocycles. The van der Waals surface area contributed by atoms with Gasteiger partial charge in [-0.15, -0.1) is 0 Å². The molecule has 1 unspecified atom stereocenters. The van der Waals surface area contributed by atoms with Crippen molar-refractivity contribution in [3.8, 4) is 0 Å². The maximum atomic E-state index is 11.3. The summed E-state index contributed by atoms with van der Waals surface area (Å²) in [5.74, 6) is 0.155. The number of carbonyl (C=O) groups is 1. The molecule has 19 heavy (non-hydrogen) atoms. The molecule has 0 fully saturated rings. The van der Waals surface area contributed by atoms with Gasteiger partial charge in [-0.3, -0.25) is 4.79 Å². The van der Waals surface area contributed by atoms with Crippen molar-refractivity contribution in [1.82, 2.24) is 15.0 Å². The first kappa shape index (κ1) is 15.4. The predicted molar refractivity (Wildman–Crippen MR) is 75.1 cm³/mol. The monoisotopic (exact) mass is 286 g/mol. The molecule has 0 aliphatic rings. The Balaban J connectivity index is 2.87. The molecule has 0 radical (unpaired) electrons. The Morgan fingerprint density at radius 1 is 1.32 bits per heavy atom. The van der Waals surface area contributed by atoms with Crippen LogP contribution in [0.2, 0.25) is 5.28 Å². The van der Waals surface area contributed by atoms with Gasteiger partial charge in [-0.25, -0.2) is 0 Å². The summed E-state index contributed by atoms with van der Waals surface area (Å²) in [4.78, 5) is 23.3. The highest BCUT2D eigenvalue weighted by Crippen LogP contribution is 2.13. The summed E-state index contributed by atoms with van der Waals surface area (Å²) in [6.07, 6.45) is 0.933. The molecule has 106 valence electrons. The number of nitrogens with one attached hydrogen (secondary N) is 2. The first-order valence-corrected chi connectivity index (χ1v) is 6.53. The fraction of sp³-hybridized carbons (Fsp3) is 0.636. The van der Waals surface area contributed by atoms with E-state index in [1.807, 2.05) is 20.8 Å². The van der Waals surface area contributed by atoms with Gasteiger partial charge in [-0.2, -0.15) is 15.0 Å². The third-order valence-electron chi connectivity index (χ3n) is 2.40. The van der Waals surface area contributed by atoms with E-state index in [4.69, 9.17) is 17.3 Å². The lowest BCUT2D eigenvalue weighted by Gasteiger charge is -2.19. The lowest BCUT2D eigenvalue weighted by molar-refractivity contribution is -0.119. The fourth-order valence-electron chi connectivity index (χ4n) is 1.44. The first-order chi connectivity index (χ1) is 8.93. The van der Waals surface area contributed by atoms with Crippen LogP contribution in [0.25, 0.3) is 0 Å². The van der Waals surface area contributed by atoms with Crippen molar-refractivity contribution in [2.24, 2.45) is 11.7 Å². The van der Waals surface area contributed by atoms with Gasteiger partial charge < -0.3 is 16.4 Å². The smallest absolute Gasteiger partial charge is 0.240 e.